The molecule has 2 aromatic carbocycles. The molecule has 0 saturated heterocycles. The highest BCUT2D eigenvalue weighted by Crippen LogP contribution is 2.51. The van der Waals surface area contributed by atoms with Gasteiger partial charge in [0.15, 0.2) is 5.60 Å². The van der Waals surface area contributed by atoms with Gasteiger partial charge in [0, 0.05) is 23.1 Å². The van der Waals surface area contributed by atoms with Gasteiger partial charge in [-0.15, -0.1) is 0 Å². The fraction of sp³-hybridized carbons (Fsp3) is 0.235. The van der Waals surface area contributed by atoms with Gasteiger partial charge in [0.05, 0.1) is 12.7 Å². The van der Waals surface area contributed by atoms with Gasteiger partial charge in [-0.3, -0.25) is 0 Å². The highest BCUT2D eigenvalue weighted by molar-refractivity contribution is 5.95. The second-order valence-electron chi connectivity index (χ2n) is 5.25. The predicted molar refractivity (Wildman–Crippen MR) is 74.0 cm³/mol. The van der Waals surface area contributed by atoms with Crippen LogP contribution in [0.4, 0.5) is 0 Å². The SMILES string of the molecule is COc1cccc2c1CCC21OC(=O)c2ccccc21. The summed E-state index contributed by atoms with van der Waals surface area (Å²) in [4.78, 5) is 12.1. The van der Waals surface area contributed by atoms with Crippen LogP contribution in [0.3, 0.4) is 0 Å². The van der Waals surface area contributed by atoms with Crippen molar-refractivity contribution in [3.63, 3.8) is 0 Å². The van der Waals surface area contributed by atoms with Crippen molar-refractivity contribution in [1.82, 2.24) is 0 Å². The lowest BCUT2D eigenvalue weighted by molar-refractivity contribution is 0.0115. The van der Waals surface area contributed by atoms with E-state index in [0.717, 1.165) is 35.3 Å². The highest BCUT2D eigenvalue weighted by Gasteiger charge is 2.51. The minimum atomic E-state index is -0.614. The Morgan fingerprint density at radius 3 is 2.75 bits per heavy atom. The van der Waals surface area contributed by atoms with Crippen molar-refractivity contribution in [1.29, 1.82) is 0 Å². The average molecular weight is 266 g/mol. The zero-order valence-electron chi connectivity index (χ0n) is 11.2. The molecule has 0 amide bonds. The van der Waals surface area contributed by atoms with Gasteiger partial charge < -0.3 is 9.47 Å². The minimum absolute atomic E-state index is 0.226. The van der Waals surface area contributed by atoms with Crippen LogP contribution in [0.1, 0.15) is 33.5 Å². The summed E-state index contributed by atoms with van der Waals surface area (Å²) in [5.41, 5.74) is 3.27. The van der Waals surface area contributed by atoms with E-state index in [0.29, 0.717) is 5.56 Å². The molecule has 4 rings (SSSR count). The Kier molecular flexibility index (Phi) is 2.22. The Hall–Kier alpha value is -2.29. The number of carbonyl (C=O) groups excluding carboxylic acids is 1. The summed E-state index contributed by atoms with van der Waals surface area (Å²) in [6, 6.07) is 13.6. The van der Waals surface area contributed by atoms with E-state index >= 15 is 0 Å². The van der Waals surface area contributed by atoms with E-state index in [9.17, 15) is 4.79 Å². The van der Waals surface area contributed by atoms with Gasteiger partial charge >= 0.3 is 5.97 Å². The molecule has 20 heavy (non-hydrogen) atoms. The molecule has 0 saturated carbocycles. The quantitative estimate of drug-likeness (QED) is 0.744. The van der Waals surface area contributed by atoms with E-state index in [4.69, 9.17) is 9.47 Å². The molecular formula is C17H14O3. The summed E-state index contributed by atoms with van der Waals surface area (Å²) in [5.74, 6) is 0.649. The first-order chi connectivity index (χ1) is 9.76. The van der Waals surface area contributed by atoms with E-state index in [1.165, 1.54) is 0 Å². The second-order valence-corrected chi connectivity index (χ2v) is 5.25. The molecule has 3 nitrogen and oxygen atoms in total. The third-order valence-electron chi connectivity index (χ3n) is 4.36. The van der Waals surface area contributed by atoms with E-state index in [1.54, 1.807) is 7.11 Å². The number of esters is 1. The first-order valence-electron chi connectivity index (χ1n) is 6.75. The Bertz CT molecular complexity index is 720. The molecule has 0 bridgehead atoms. The van der Waals surface area contributed by atoms with Crippen LogP contribution in [-0.2, 0) is 16.8 Å². The topological polar surface area (TPSA) is 35.5 Å². The Morgan fingerprint density at radius 1 is 1.10 bits per heavy atom. The zero-order valence-corrected chi connectivity index (χ0v) is 11.2. The first-order valence-corrected chi connectivity index (χ1v) is 6.75. The molecule has 2 aromatic rings. The number of ether oxygens (including phenoxy) is 2. The van der Waals surface area contributed by atoms with Gasteiger partial charge in [-0.1, -0.05) is 30.3 Å². The van der Waals surface area contributed by atoms with Crippen LogP contribution in [-0.4, -0.2) is 13.1 Å². The molecule has 100 valence electrons. The van der Waals surface area contributed by atoms with Crippen LogP contribution in [0.15, 0.2) is 42.5 Å². The molecule has 0 radical (unpaired) electrons. The number of carbonyl (C=O) groups is 1. The molecule has 3 heteroatoms. The number of methoxy groups -OCH3 is 1. The number of hydrogen-bond acceptors (Lipinski definition) is 3. The summed E-state index contributed by atoms with van der Waals surface area (Å²) in [6.45, 7) is 0. The van der Waals surface area contributed by atoms with Crippen molar-refractivity contribution in [2.75, 3.05) is 7.11 Å². The monoisotopic (exact) mass is 266 g/mol. The number of hydrogen-bond donors (Lipinski definition) is 0. The van der Waals surface area contributed by atoms with E-state index < -0.39 is 5.60 Å². The van der Waals surface area contributed by atoms with Crippen LogP contribution in [0.5, 0.6) is 5.75 Å². The van der Waals surface area contributed by atoms with Gasteiger partial charge in [0.1, 0.15) is 5.75 Å². The Labute approximate surface area is 117 Å². The van der Waals surface area contributed by atoms with Crippen molar-refractivity contribution in [2.45, 2.75) is 18.4 Å². The minimum Gasteiger partial charge on any atom is -0.496 e. The van der Waals surface area contributed by atoms with Gasteiger partial charge in [-0.2, -0.15) is 0 Å². The van der Waals surface area contributed by atoms with Crippen LogP contribution in [0, 0.1) is 0 Å². The summed E-state index contributed by atoms with van der Waals surface area (Å²) in [5, 5.41) is 0. The maximum atomic E-state index is 12.1. The maximum absolute atomic E-state index is 12.1. The fourth-order valence-corrected chi connectivity index (χ4v) is 3.50. The molecule has 1 aliphatic heterocycles. The maximum Gasteiger partial charge on any atom is 0.339 e. The number of rotatable bonds is 1. The second kappa shape index (κ2) is 3.85. The summed E-state index contributed by atoms with van der Waals surface area (Å²) in [6.07, 6.45) is 1.65. The van der Waals surface area contributed by atoms with Gasteiger partial charge in [0.2, 0.25) is 0 Å². The third-order valence-corrected chi connectivity index (χ3v) is 4.36. The molecule has 0 N–H and O–H groups in total. The molecule has 1 heterocycles. The van der Waals surface area contributed by atoms with Gasteiger partial charge in [0.25, 0.3) is 0 Å². The molecule has 2 aliphatic rings. The molecule has 1 aliphatic carbocycles. The van der Waals surface area contributed by atoms with Crippen molar-refractivity contribution in [3.8, 4) is 5.75 Å². The van der Waals surface area contributed by atoms with Crippen molar-refractivity contribution >= 4 is 5.97 Å². The Morgan fingerprint density at radius 2 is 1.90 bits per heavy atom. The lowest BCUT2D eigenvalue weighted by atomic mass is 9.87. The van der Waals surface area contributed by atoms with Crippen LogP contribution in [0.25, 0.3) is 0 Å². The Balaban J connectivity index is 1.98. The van der Waals surface area contributed by atoms with Gasteiger partial charge in [-0.05, 0) is 18.6 Å². The molecule has 0 fully saturated rings. The largest absolute Gasteiger partial charge is 0.496 e. The lowest BCUT2D eigenvalue weighted by Gasteiger charge is -2.25. The smallest absolute Gasteiger partial charge is 0.339 e. The van der Waals surface area contributed by atoms with Crippen molar-refractivity contribution in [2.24, 2.45) is 0 Å². The standard InChI is InChI=1S/C17H14O3/c1-19-15-8-4-7-13-11(15)9-10-17(13)14-6-3-2-5-12(14)16(18)20-17/h2-8H,9-10H2,1H3. The molecular weight excluding hydrogens is 252 g/mol. The molecule has 0 aromatic heterocycles. The first kappa shape index (κ1) is 11.5. The summed E-state index contributed by atoms with van der Waals surface area (Å²) < 4.78 is 11.2. The molecule has 1 unspecified atom stereocenters. The average Bonchev–Trinajstić information content (AvgIpc) is 3.00. The number of benzene rings is 2. The van der Waals surface area contributed by atoms with E-state index in [2.05, 4.69) is 0 Å². The van der Waals surface area contributed by atoms with Gasteiger partial charge in [-0.25, -0.2) is 4.79 Å². The zero-order chi connectivity index (χ0) is 13.7. The normalized spacial score (nSPS) is 22.6. The van der Waals surface area contributed by atoms with Crippen LogP contribution in [0.2, 0.25) is 0 Å². The molecule has 1 atom stereocenters. The lowest BCUT2D eigenvalue weighted by Crippen LogP contribution is -2.24. The summed E-state index contributed by atoms with van der Waals surface area (Å²) in [7, 11) is 1.68. The van der Waals surface area contributed by atoms with Crippen molar-refractivity contribution < 1.29 is 14.3 Å². The van der Waals surface area contributed by atoms with Crippen LogP contribution < -0.4 is 4.74 Å². The van der Waals surface area contributed by atoms with E-state index in [1.807, 2.05) is 42.5 Å². The van der Waals surface area contributed by atoms with E-state index in [-0.39, 0.29) is 5.97 Å². The highest BCUT2D eigenvalue weighted by atomic mass is 16.6. The molecule has 1 spiro atoms. The predicted octanol–water partition coefficient (Wildman–Crippen LogP) is 3.06. The van der Waals surface area contributed by atoms with Crippen LogP contribution >= 0.6 is 0 Å². The fourth-order valence-electron chi connectivity index (χ4n) is 3.50. The summed E-state index contributed by atoms with van der Waals surface area (Å²) >= 11 is 0. The third kappa shape index (κ3) is 1.27. The van der Waals surface area contributed by atoms with Crippen molar-refractivity contribution in [3.05, 3.63) is 64.7 Å². The number of fused-ring (bicyclic) bond motifs is 4.